The second kappa shape index (κ2) is 10.5. The van der Waals surface area contributed by atoms with Crippen molar-refractivity contribution in [3.8, 4) is 17.2 Å². The van der Waals surface area contributed by atoms with Crippen LogP contribution in [0.15, 0.2) is 51.9 Å². The summed E-state index contributed by atoms with van der Waals surface area (Å²) in [6.45, 7) is 7.42. The van der Waals surface area contributed by atoms with Crippen LogP contribution in [0.5, 0.6) is 5.75 Å². The quantitative estimate of drug-likeness (QED) is 0.230. The van der Waals surface area contributed by atoms with Gasteiger partial charge in [-0.15, -0.1) is 6.58 Å². The van der Waals surface area contributed by atoms with Crippen LogP contribution < -0.4 is 4.74 Å². The lowest BCUT2D eigenvalue weighted by molar-refractivity contribution is -0.139. The van der Waals surface area contributed by atoms with Crippen LogP contribution in [0.3, 0.4) is 0 Å². The highest BCUT2D eigenvalue weighted by Gasteiger charge is 2.21. The minimum absolute atomic E-state index is 0.125. The first kappa shape index (κ1) is 24.8. The van der Waals surface area contributed by atoms with E-state index < -0.39 is 12.6 Å². The standard InChI is InChI=1S/C26H24Cl2N2O5/c1-4-5-18-22(33-13-23(31)32)11-8-17-20(30-35-25(17)18)9-10-21-24(14(2)3)34-26(29-21)16-7-6-15(27)12-19(16)28/h4,6-8,11-12,14H,1,5,9-10,13H2,2-3H3,(H,31,32). The Labute approximate surface area is 212 Å². The van der Waals surface area contributed by atoms with Crippen LogP contribution in [0.4, 0.5) is 0 Å². The van der Waals surface area contributed by atoms with Crippen molar-refractivity contribution >= 4 is 40.1 Å². The number of oxazole rings is 1. The molecule has 0 amide bonds. The van der Waals surface area contributed by atoms with Gasteiger partial charge in [0.05, 0.1) is 22.0 Å². The van der Waals surface area contributed by atoms with Crippen molar-refractivity contribution in [2.24, 2.45) is 0 Å². The minimum atomic E-state index is -1.05. The van der Waals surface area contributed by atoms with E-state index in [1.807, 2.05) is 19.9 Å². The second-order valence-corrected chi connectivity index (χ2v) is 9.18. The third kappa shape index (κ3) is 5.36. The van der Waals surface area contributed by atoms with E-state index in [9.17, 15) is 4.79 Å². The summed E-state index contributed by atoms with van der Waals surface area (Å²) in [6, 6.07) is 8.77. The third-order valence-corrected chi connectivity index (χ3v) is 6.04. The number of hydrogen-bond acceptors (Lipinski definition) is 6. The first-order valence-electron chi connectivity index (χ1n) is 11.1. The van der Waals surface area contributed by atoms with E-state index in [0.29, 0.717) is 57.7 Å². The first-order chi connectivity index (χ1) is 16.8. The summed E-state index contributed by atoms with van der Waals surface area (Å²) in [4.78, 5) is 15.7. The molecule has 0 radical (unpaired) electrons. The van der Waals surface area contributed by atoms with Crippen LogP contribution >= 0.6 is 23.2 Å². The molecule has 0 aliphatic heterocycles. The summed E-state index contributed by atoms with van der Waals surface area (Å²) in [5, 5.41) is 15.1. The van der Waals surface area contributed by atoms with Crippen LogP contribution in [0, 0.1) is 0 Å². The lowest BCUT2D eigenvalue weighted by Crippen LogP contribution is -2.10. The number of rotatable bonds is 10. The predicted octanol–water partition coefficient (Wildman–Crippen LogP) is 6.89. The fourth-order valence-corrected chi connectivity index (χ4v) is 4.38. The van der Waals surface area contributed by atoms with Crippen LogP contribution in [0.1, 0.15) is 42.5 Å². The normalized spacial score (nSPS) is 11.3. The lowest BCUT2D eigenvalue weighted by atomic mass is 10.0. The Bertz CT molecular complexity index is 1390. The van der Waals surface area contributed by atoms with Crippen LogP contribution in [-0.2, 0) is 24.1 Å². The monoisotopic (exact) mass is 514 g/mol. The highest BCUT2D eigenvalue weighted by molar-refractivity contribution is 6.36. The maximum atomic E-state index is 10.9. The van der Waals surface area contributed by atoms with Crippen molar-refractivity contribution in [1.29, 1.82) is 0 Å². The zero-order chi connectivity index (χ0) is 25.1. The van der Waals surface area contributed by atoms with Gasteiger partial charge in [-0.25, -0.2) is 9.78 Å². The van der Waals surface area contributed by atoms with Crippen LogP contribution in [-0.4, -0.2) is 27.8 Å². The summed E-state index contributed by atoms with van der Waals surface area (Å²) in [5.74, 6) is 0.741. The van der Waals surface area contributed by atoms with Crippen LogP contribution in [0.25, 0.3) is 22.4 Å². The minimum Gasteiger partial charge on any atom is -0.481 e. The van der Waals surface area contributed by atoms with Gasteiger partial charge >= 0.3 is 5.97 Å². The molecule has 0 aliphatic rings. The maximum absolute atomic E-state index is 10.9. The number of nitrogens with zero attached hydrogens (tertiary/aromatic N) is 2. The molecule has 35 heavy (non-hydrogen) atoms. The zero-order valence-corrected chi connectivity index (χ0v) is 20.8. The van der Waals surface area contributed by atoms with Crippen molar-refractivity contribution in [1.82, 2.24) is 10.1 Å². The molecule has 0 bridgehead atoms. The molecule has 9 heteroatoms. The zero-order valence-electron chi connectivity index (χ0n) is 19.3. The number of halogens is 2. The topological polar surface area (TPSA) is 98.6 Å². The molecule has 2 heterocycles. The fraction of sp³-hybridized carbons (Fsp3) is 0.269. The molecule has 0 saturated carbocycles. The number of aliphatic carboxylic acids is 1. The lowest BCUT2D eigenvalue weighted by Gasteiger charge is -2.09. The van der Waals surface area contributed by atoms with Gasteiger partial charge in [0.2, 0.25) is 5.89 Å². The number of carbonyl (C=O) groups is 1. The number of benzene rings is 2. The van der Waals surface area contributed by atoms with E-state index in [1.165, 1.54) is 0 Å². The molecule has 0 spiro atoms. The number of ether oxygens (including phenoxy) is 1. The average Bonchev–Trinajstić information content (AvgIpc) is 3.41. The van der Waals surface area contributed by atoms with Crippen LogP contribution in [0.2, 0.25) is 10.0 Å². The van der Waals surface area contributed by atoms with E-state index in [-0.39, 0.29) is 5.92 Å². The Kier molecular flexibility index (Phi) is 7.48. The summed E-state index contributed by atoms with van der Waals surface area (Å²) >= 11 is 12.4. The Morgan fingerprint density at radius 3 is 2.66 bits per heavy atom. The highest BCUT2D eigenvalue weighted by Crippen LogP contribution is 2.35. The van der Waals surface area contributed by atoms with Gasteiger partial charge < -0.3 is 18.8 Å². The number of hydrogen-bond donors (Lipinski definition) is 1. The molecule has 7 nitrogen and oxygen atoms in total. The number of aryl methyl sites for hydroxylation is 2. The average molecular weight is 515 g/mol. The molecule has 0 aliphatic carbocycles. The molecule has 4 rings (SSSR count). The van der Waals surface area contributed by atoms with E-state index >= 15 is 0 Å². The van der Waals surface area contributed by atoms with E-state index in [0.717, 1.165) is 22.5 Å². The van der Waals surface area contributed by atoms with Crippen molar-refractivity contribution in [2.45, 2.75) is 39.0 Å². The Hall–Kier alpha value is -3.29. The summed E-state index contributed by atoms with van der Waals surface area (Å²) in [6.07, 6.45) is 3.30. The molecule has 0 saturated heterocycles. The van der Waals surface area contributed by atoms with E-state index in [4.69, 9.17) is 47.0 Å². The Morgan fingerprint density at radius 1 is 1.20 bits per heavy atom. The van der Waals surface area contributed by atoms with Crippen molar-refractivity contribution in [2.75, 3.05) is 6.61 Å². The van der Waals surface area contributed by atoms with E-state index in [2.05, 4.69) is 11.7 Å². The number of carboxylic acids is 1. The second-order valence-electron chi connectivity index (χ2n) is 8.33. The highest BCUT2D eigenvalue weighted by atomic mass is 35.5. The molecule has 2 aromatic carbocycles. The fourth-order valence-electron chi connectivity index (χ4n) is 3.89. The molecule has 0 unspecified atom stereocenters. The van der Waals surface area contributed by atoms with Gasteiger partial charge in [-0.2, -0.15) is 0 Å². The molecular formula is C26H24Cl2N2O5. The molecule has 0 atom stereocenters. The van der Waals surface area contributed by atoms with Gasteiger partial charge in [-0.3, -0.25) is 0 Å². The number of fused-ring (bicyclic) bond motifs is 1. The van der Waals surface area contributed by atoms with Crippen molar-refractivity contribution in [3.05, 3.63) is 75.7 Å². The predicted molar refractivity (Wildman–Crippen MR) is 134 cm³/mol. The van der Waals surface area contributed by atoms with E-state index in [1.54, 1.807) is 30.3 Å². The summed E-state index contributed by atoms with van der Waals surface area (Å²) in [5.41, 5.74) is 3.53. The third-order valence-electron chi connectivity index (χ3n) is 5.49. The maximum Gasteiger partial charge on any atom is 0.341 e. The Morgan fingerprint density at radius 2 is 1.97 bits per heavy atom. The molecule has 0 fully saturated rings. The summed E-state index contributed by atoms with van der Waals surface area (Å²) in [7, 11) is 0. The first-order valence-corrected chi connectivity index (χ1v) is 11.8. The van der Waals surface area contributed by atoms with Gasteiger partial charge in [-0.05, 0) is 49.6 Å². The molecule has 2 aromatic heterocycles. The van der Waals surface area contributed by atoms with Crippen molar-refractivity contribution in [3.63, 3.8) is 0 Å². The van der Waals surface area contributed by atoms with Gasteiger partial charge in [0.1, 0.15) is 11.5 Å². The smallest absolute Gasteiger partial charge is 0.341 e. The largest absolute Gasteiger partial charge is 0.481 e. The van der Waals surface area contributed by atoms with Gasteiger partial charge in [0.15, 0.2) is 12.2 Å². The molecule has 182 valence electrons. The number of carboxylic acid groups (broad SMARTS) is 1. The van der Waals surface area contributed by atoms with Gasteiger partial charge in [0.25, 0.3) is 0 Å². The summed E-state index contributed by atoms with van der Waals surface area (Å²) < 4.78 is 17.2. The SMILES string of the molecule is C=CCc1c(OCC(=O)O)ccc2c(CCc3nc(-c4ccc(Cl)cc4Cl)oc3C(C)C)noc12. The van der Waals surface area contributed by atoms with Gasteiger partial charge in [0, 0.05) is 21.9 Å². The molecular weight excluding hydrogens is 491 g/mol. The van der Waals surface area contributed by atoms with Crippen molar-refractivity contribution < 1.29 is 23.6 Å². The van der Waals surface area contributed by atoms with Gasteiger partial charge in [-0.1, -0.05) is 48.3 Å². The number of allylic oxidation sites excluding steroid dienone is 1. The molecule has 4 aromatic rings. The number of aromatic nitrogens is 2. The molecule has 1 N–H and O–H groups in total. The Balaban J connectivity index is 1.62.